The number of imidazole rings is 1. The Labute approximate surface area is 66.4 Å². The van der Waals surface area contributed by atoms with Crippen LogP contribution in [0, 0.1) is 0 Å². The lowest BCUT2D eigenvalue weighted by Crippen LogP contribution is -2.29. The van der Waals surface area contributed by atoms with Crippen LogP contribution >= 0.6 is 0 Å². The molecule has 1 aromatic heterocycles. The summed E-state index contributed by atoms with van der Waals surface area (Å²) >= 11 is 0. The third kappa shape index (κ3) is 0.959. The number of aryl methyl sites for hydroxylation is 1. The van der Waals surface area contributed by atoms with Crippen LogP contribution in [0.15, 0.2) is 6.33 Å². The normalized spacial score (nSPS) is 23.3. The molecule has 0 bridgehead atoms. The van der Waals surface area contributed by atoms with Gasteiger partial charge in [-0.25, -0.2) is 4.98 Å². The molecule has 1 aromatic rings. The highest BCUT2D eigenvalue weighted by Crippen LogP contribution is 2.19. The second-order valence-corrected chi connectivity index (χ2v) is 3.11. The Morgan fingerprint density at radius 1 is 1.73 bits per heavy atom. The van der Waals surface area contributed by atoms with Gasteiger partial charge >= 0.3 is 0 Å². The maximum atomic E-state index is 4.33. The number of hydrogen-bond acceptors (Lipinski definition) is 2. The Balaban J connectivity index is 2.48. The van der Waals surface area contributed by atoms with Crippen LogP contribution in [-0.2, 0) is 13.5 Å². The smallest absolute Gasteiger partial charge is 0.0949 e. The molecule has 1 atom stereocenters. The largest absolute Gasteiger partial charge is 0.336 e. The molecule has 60 valence electrons. The van der Waals surface area contributed by atoms with Gasteiger partial charge in [0, 0.05) is 26.1 Å². The third-order valence-corrected chi connectivity index (χ3v) is 2.28. The van der Waals surface area contributed by atoms with Crippen molar-refractivity contribution in [3.05, 3.63) is 17.7 Å². The molecular weight excluding hydrogens is 138 g/mol. The molecule has 0 fully saturated rings. The molecule has 1 aliphatic heterocycles. The zero-order chi connectivity index (χ0) is 7.84. The van der Waals surface area contributed by atoms with E-state index in [2.05, 4.69) is 28.8 Å². The molecule has 0 saturated carbocycles. The third-order valence-electron chi connectivity index (χ3n) is 2.28. The maximum Gasteiger partial charge on any atom is 0.0949 e. The van der Waals surface area contributed by atoms with E-state index in [0.29, 0.717) is 6.04 Å². The molecule has 3 nitrogen and oxygen atoms in total. The minimum Gasteiger partial charge on any atom is -0.336 e. The molecule has 11 heavy (non-hydrogen) atoms. The molecule has 0 amide bonds. The van der Waals surface area contributed by atoms with Gasteiger partial charge in [0.05, 0.1) is 17.7 Å². The van der Waals surface area contributed by atoms with Crippen LogP contribution in [0.4, 0.5) is 0 Å². The molecule has 0 radical (unpaired) electrons. The molecule has 0 spiro atoms. The van der Waals surface area contributed by atoms with Crippen molar-refractivity contribution >= 4 is 0 Å². The van der Waals surface area contributed by atoms with Crippen molar-refractivity contribution in [1.82, 2.24) is 14.9 Å². The van der Waals surface area contributed by atoms with E-state index in [1.807, 2.05) is 6.33 Å². The zero-order valence-corrected chi connectivity index (χ0v) is 6.96. The van der Waals surface area contributed by atoms with E-state index in [-0.39, 0.29) is 0 Å². The van der Waals surface area contributed by atoms with Crippen molar-refractivity contribution in [2.45, 2.75) is 19.4 Å². The first-order valence-corrected chi connectivity index (χ1v) is 4.02. The lowest BCUT2D eigenvalue weighted by atomic mass is 10.1. The molecular formula is C8H13N3. The molecule has 2 heterocycles. The second-order valence-electron chi connectivity index (χ2n) is 3.11. The minimum atomic E-state index is 0.464. The summed E-state index contributed by atoms with van der Waals surface area (Å²) in [5.74, 6) is 0. The summed E-state index contributed by atoms with van der Waals surface area (Å²) < 4.78 is 2.10. The maximum absolute atomic E-state index is 4.33. The molecule has 0 aromatic carbocycles. The second kappa shape index (κ2) is 2.34. The van der Waals surface area contributed by atoms with Crippen LogP contribution in [-0.4, -0.2) is 16.1 Å². The quantitative estimate of drug-likeness (QED) is 0.589. The van der Waals surface area contributed by atoms with Gasteiger partial charge in [0.15, 0.2) is 0 Å². The summed E-state index contributed by atoms with van der Waals surface area (Å²) in [6.07, 6.45) is 2.97. The van der Waals surface area contributed by atoms with Gasteiger partial charge in [-0.15, -0.1) is 0 Å². The minimum absolute atomic E-state index is 0.464. The zero-order valence-electron chi connectivity index (χ0n) is 6.96. The van der Waals surface area contributed by atoms with Crippen LogP contribution in [0.2, 0.25) is 0 Å². The van der Waals surface area contributed by atoms with E-state index in [0.717, 1.165) is 13.0 Å². The fraction of sp³-hybridized carbons (Fsp3) is 0.625. The van der Waals surface area contributed by atoms with Gasteiger partial charge in [-0.1, -0.05) is 0 Å². The van der Waals surface area contributed by atoms with Crippen molar-refractivity contribution in [2.24, 2.45) is 7.05 Å². The lowest BCUT2D eigenvalue weighted by molar-refractivity contribution is 0.510. The first-order chi connectivity index (χ1) is 5.29. The number of hydrogen-bond donors (Lipinski definition) is 1. The standard InChI is InChI=1S/C8H13N3/c1-6-8-7(3-4-9-6)10-5-11(8)2/h5-6,9H,3-4H2,1-2H3. The van der Waals surface area contributed by atoms with Crippen molar-refractivity contribution in [3.63, 3.8) is 0 Å². The number of nitrogens with one attached hydrogen (secondary N) is 1. The number of nitrogens with zero attached hydrogens (tertiary/aromatic N) is 2. The molecule has 1 N–H and O–H groups in total. The Morgan fingerprint density at radius 3 is 3.27 bits per heavy atom. The molecule has 1 unspecified atom stereocenters. The highest BCUT2D eigenvalue weighted by atomic mass is 15.1. The van der Waals surface area contributed by atoms with Crippen molar-refractivity contribution in [1.29, 1.82) is 0 Å². The Hall–Kier alpha value is -0.830. The van der Waals surface area contributed by atoms with Crippen molar-refractivity contribution < 1.29 is 0 Å². The van der Waals surface area contributed by atoms with Gasteiger partial charge in [0.2, 0.25) is 0 Å². The highest BCUT2D eigenvalue weighted by Gasteiger charge is 2.19. The number of aromatic nitrogens is 2. The summed E-state index contributed by atoms with van der Waals surface area (Å²) in [4.78, 5) is 4.33. The van der Waals surface area contributed by atoms with Crippen molar-refractivity contribution in [2.75, 3.05) is 6.54 Å². The van der Waals surface area contributed by atoms with Crippen LogP contribution in [0.1, 0.15) is 24.4 Å². The Kier molecular flexibility index (Phi) is 1.46. The predicted octanol–water partition coefficient (Wildman–Crippen LogP) is 0.627. The molecule has 0 aliphatic carbocycles. The van der Waals surface area contributed by atoms with E-state index >= 15 is 0 Å². The van der Waals surface area contributed by atoms with Crippen LogP contribution in [0.5, 0.6) is 0 Å². The average molecular weight is 151 g/mol. The highest BCUT2D eigenvalue weighted by molar-refractivity contribution is 5.19. The SMILES string of the molecule is CC1NCCc2ncn(C)c21. The van der Waals surface area contributed by atoms with Gasteiger partial charge in [-0.05, 0) is 6.92 Å². The van der Waals surface area contributed by atoms with Gasteiger partial charge in [0.25, 0.3) is 0 Å². The van der Waals surface area contributed by atoms with Gasteiger partial charge < -0.3 is 9.88 Å². The molecule has 3 heteroatoms. The van der Waals surface area contributed by atoms with Crippen molar-refractivity contribution in [3.8, 4) is 0 Å². The lowest BCUT2D eigenvalue weighted by Gasteiger charge is -2.20. The summed E-state index contributed by atoms with van der Waals surface area (Å²) in [6.45, 7) is 3.24. The summed E-state index contributed by atoms with van der Waals surface area (Å²) in [5.41, 5.74) is 2.61. The van der Waals surface area contributed by atoms with E-state index in [9.17, 15) is 0 Å². The molecule has 2 rings (SSSR count). The van der Waals surface area contributed by atoms with Crippen LogP contribution in [0.25, 0.3) is 0 Å². The summed E-state index contributed by atoms with van der Waals surface area (Å²) in [7, 11) is 2.05. The monoisotopic (exact) mass is 151 g/mol. The van der Waals surface area contributed by atoms with E-state index < -0.39 is 0 Å². The topological polar surface area (TPSA) is 29.9 Å². The predicted molar refractivity (Wildman–Crippen MR) is 43.3 cm³/mol. The summed E-state index contributed by atoms with van der Waals surface area (Å²) in [5, 5.41) is 3.40. The first-order valence-electron chi connectivity index (χ1n) is 4.02. The van der Waals surface area contributed by atoms with Gasteiger partial charge in [0.1, 0.15) is 0 Å². The van der Waals surface area contributed by atoms with Crippen LogP contribution < -0.4 is 5.32 Å². The average Bonchev–Trinajstić information content (AvgIpc) is 2.34. The van der Waals surface area contributed by atoms with E-state index in [1.54, 1.807) is 0 Å². The fourth-order valence-electron chi connectivity index (χ4n) is 1.74. The fourth-order valence-corrected chi connectivity index (χ4v) is 1.74. The first kappa shape index (κ1) is 6.85. The Bertz CT molecular complexity index is 264. The number of rotatable bonds is 0. The van der Waals surface area contributed by atoms with E-state index in [4.69, 9.17) is 0 Å². The Morgan fingerprint density at radius 2 is 2.55 bits per heavy atom. The van der Waals surface area contributed by atoms with Gasteiger partial charge in [-0.3, -0.25) is 0 Å². The van der Waals surface area contributed by atoms with Crippen LogP contribution in [0.3, 0.4) is 0 Å². The number of fused-ring (bicyclic) bond motifs is 1. The molecule has 1 aliphatic rings. The van der Waals surface area contributed by atoms with Gasteiger partial charge in [-0.2, -0.15) is 0 Å². The summed E-state index contributed by atoms with van der Waals surface area (Å²) in [6, 6.07) is 0.464. The molecule has 0 saturated heterocycles. The van der Waals surface area contributed by atoms with E-state index in [1.165, 1.54) is 11.4 Å².